The summed E-state index contributed by atoms with van der Waals surface area (Å²) in [4.78, 5) is 4.58. The summed E-state index contributed by atoms with van der Waals surface area (Å²) in [5.74, 6) is 1.38. The first kappa shape index (κ1) is 15.9. The number of rotatable bonds is 4. The van der Waals surface area contributed by atoms with Crippen LogP contribution in [0, 0.1) is 13.8 Å². The number of hydrogen-bond acceptors (Lipinski definition) is 3. The van der Waals surface area contributed by atoms with Gasteiger partial charge in [0.25, 0.3) is 0 Å². The van der Waals surface area contributed by atoms with E-state index in [0.29, 0.717) is 21.6 Å². The number of nitrogens with one attached hydrogen (secondary N) is 1. The molecular formula is C16H18Cl2N2O. The molecule has 2 rings (SSSR count). The Labute approximate surface area is 135 Å². The van der Waals surface area contributed by atoms with E-state index >= 15 is 0 Å². The Morgan fingerprint density at radius 1 is 1.14 bits per heavy atom. The normalized spacial score (nSPS) is 10.6. The third kappa shape index (κ3) is 3.25. The largest absolute Gasteiger partial charge is 0.496 e. The summed E-state index contributed by atoms with van der Waals surface area (Å²) in [6.07, 6.45) is 0. The van der Waals surface area contributed by atoms with Gasteiger partial charge in [-0.2, -0.15) is 0 Å². The van der Waals surface area contributed by atoms with Crippen molar-refractivity contribution in [3.8, 4) is 17.0 Å². The topological polar surface area (TPSA) is 34.2 Å². The van der Waals surface area contributed by atoms with Gasteiger partial charge in [-0.15, -0.1) is 0 Å². The number of pyridine rings is 1. The molecule has 0 amide bonds. The van der Waals surface area contributed by atoms with Gasteiger partial charge >= 0.3 is 0 Å². The van der Waals surface area contributed by atoms with Crippen LogP contribution in [0.1, 0.15) is 18.1 Å². The highest BCUT2D eigenvalue weighted by atomic mass is 35.5. The molecule has 2 aromatic rings. The zero-order valence-electron chi connectivity index (χ0n) is 12.6. The van der Waals surface area contributed by atoms with Gasteiger partial charge in [-0.05, 0) is 44.0 Å². The van der Waals surface area contributed by atoms with Crippen LogP contribution >= 0.6 is 23.2 Å². The minimum absolute atomic E-state index is 0.506. The van der Waals surface area contributed by atoms with Crippen molar-refractivity contribution in [1.82, 2.24) is 4.98 Å². The Kier molecular flexibility index (Phi) is 4.96. The number of aromatic nitrogens is 1. The molecule has 1 aromatic carbocycles. The number of halogens is 2. The molecule has 112 valence electrons. The molecule has 0 saturated carbocycles. The van der Waals surface area contributed by atoms with Crippen LogP contribution in [0.2, 0.25) is 10.0 Å². The molecule has 21 heavy (non-hydrogen) atoms. The summed E-state index contributed by atoms with van der Waals surface area (Å²) < 4.78 is 5.49. The van der Waals surface area contributed by atoms with Crippen molar-refractivity contribution in [3.63, 3.8) is 0 Å². The minimum atomic E-state index is 0.506. The van der Waals surface area contributed by atoms with Gasteiger partial charge in [-0.3, -0.25) is 0 Å². The van der Waals surface area contributed by atoms with Crippen LogP contribution in [-0.2, 0) is 0 Å². The van der Waals surface area contributed by atoms with E-state index < -0.39 is 0 Å². The molecular weight excluding hydrogens is 307 g/mol. The van der Waals surface area contributed by atoms with Gasteiger partial charge in [-0.1, -0.05) is 29.3 Å². The van der Waals surface area contributed by atoms with E-state index in [4.69, 9.17) is 27.9 Å². The lowest BCUT2D eigenvalue weighted by atomic mass is 10.0. The summed E-state index contributed by atoms with van der Waals surface area (Å²) in [5.41, 5.74) is 3.76. The van der Waals surface area contributed by atoms with E-state index in [1.807, 2.05) is 26.8 Å². The molecule has 0 fully saturated rings. The van der Waals surface area contributed by atoms with Gasteiger partial charge in [0.15, 0.2) is 0 Å². The fourth-order valence-corrected chi connectivity index (χ4v) is 2.85. The quantitative estimate of drug-likeness (QED) is 0.848. The second-order valence-electron chi connectivity index (χ2n) is 4.84. The third-order valence-electron chi connectivity index (χ3n) is 3.17. The molecule has 0 aliphatic heterocycles. The number of benzene rings is 1. The van der Waals surface area contributed by atoms with Gasteiger partial charge < -0.3 is 10.1 Å². The summed E-state index contributed by atoms with van der Waals surface area (Å²) in [5, 5.41) is 4.15. The molecule has 0 saturated heterocycles. The third-order valence-corrected chi connectivity index (χ3v) is 3.75. The molecule has 0 spiro atoms. The van der Waals surface area contributed by atoms with Gasteiger partial charge in [0.1, 0.15) is 11.6 Å². The zero-order valence-corrected chi connectivity index (χ0v) is 14.1. The minimum Gasteiger partial charge on any atom is -0.496 e. The van der Waals surface area contributed by atoms with Gasteiger partial charge in [0, 0.05) is 12.1 Å². The number of anilines is 1. The first-order chi connectivity index (χ1) is 9.97. The number of aryl methyl sites for hydroxylation is 2. The maximum atomic E-state index is 6.35. The SMILES string of the molecule is CCNc1nc(-c2c(C)cc(C)cc2OC)c(Cl)cc1Cl. The number of methoxy groups -OCH3 is 1. The van der Waals surface area contributed by atoms with Crippen LogP contribution in [0.25, 0.3) is 11.3 Å². The van der Waals surface area contributed by atoms with E-state index in [9.17, 15) is 0 Å². The molecule has 0 aliphatic rings. The molecule has 0 bridgehead atoms. The molecule has 1 N–H and O–H groups in total. The van der Waals surface area contributed by atoms with Crippen LogP contribution in [-0.4, -0.2) is 18.6 Å². The highest BCUT2D eigenvalue weighted by molar-refractivity contribution is 6.37. The lowest BCUT2D eigenvalue weighted by Crippen LogP contribution is -2.02. The van der Waals surface area contributed by atoms with Crippen LogP contribution in [0.5, 0.6) is 5.75 Å². The van der Waals surface area contributed by atoms with Crippen molar-refractivity contribution in [3.05, 3.63) is 39.4 Å². The predicted octanol–water partition coefficient (Wildman–Crippen LogP) is 5.11. The fraction of sp³-hybridized carbons (Fsp3) is 0.312. The van der Waals surface area contributed by atoms with Crippen LogP contribution < -0.4 is 10.1 Å². The molecule has 5 heteroatoms. The fourth-order valence-electron chi connectivity index (χ4n) is 2.33. The summed E-state index contributed by atoms with van der Waals surface area (Å²) in [6.45, 7) is 6.77. The van der Waals surface area contributed by atoms with Gasteiger partial charge in [0.05, 0.1) is 22.8 Å². The lowest BCUT2D eigenvalue weighted by Gasteiger charge is -2.15. The van der Waals surface area contributed by atoms with Crippen molar-refractivity contribution in [2.24, 2.45) is 0 Å². The number of hydrogen-bond donors (Lipinski definition) is 1. The van der Waals surface area contributed by atoms with Crippen LogP contribution in [0.4, 0.5) is 5.82 Å². The first-order valence-electron chi connectivity index (χ1n) is 6.73. The average molecular weight is 325 g/mol. The molecule has 3 nitrogen and oxygen atoms in total. The Balaban J connectivity index is 2.69. The van der Waals surface area contributed by atoms with Crippen molar-refractivity contribution < 1.29 is 4.74 Å². The van der Waals surface area contributed by atoms with Crippen molar-refractivity contribution in [2.75, 3.05) is 19.0 Å². The second-order valence-corrected chi connectivity index (χ2v) is 5.65. The zero-order chi connectivity index (χ0) is 15.6. The number of nitrogens with zero attached hydrogens (tertiary/aromatic N) is 1. The van der Waals surface area contributed by atoms with Crippen LogP contribution in [0.3, 0.4) is 0 Å². The predicted molar refractivity (Wildman–Crippen MR) is 89.9 cm³/mol. The van der Waals surface area contributed by atoms with Crippen LogP contribution in [0.15, 0.2) is 18.2 Å². The standard InChI is InChI=1S/C16H18Cl2N2O/c1-5-19-16-12(18)8-11(17)15(20-16)14-10(3)6-9(2)7-13(14)21-4/h6-8H,5H2,1-4H3,(H,19,20). The van der Waals surface area contributed by atoms with E-state index in [1.54, 1.807) is 13.2 Å². The summed E-state index contributed by atoms with van der Waals surface area (Å²) in [6, 6.07) is 5.77. The first-order valence-corrected chi connectivity index (χ1v) is 7.49. The van der Waals surface area contributed by atoms with Crippen molar-refractivity contribution >= 4 is 29.0 Å². The summed E-state index contributed by atoms with van der Waals surface area (Å²) >= 11 is 12.5. The molecule has 0 atom stereocenters. The van der Waals surface area contributed by atoms with Crippen molar-refractivity contribution in [1.29, 1.82) is 0 Å². The maximum absolute atomic E-state index is 6.35. The highest BCUT2D eigenvalue weighted by Gasteiger charge is 2.17. The molecule has 0 aliphatic carbocycles. The van der Waals surface area contributed by atoms with Crippen molar-refractivity contribution in [2.45, 2.75) is 20.8 Å². The Hall–Kier alpha value is -1.45. The second kappa shape index (κ2) is 6.54. The lowest BCUT2D eigenvalue weighted by molar-refractivity contribution is 0.415. The number of ether oxygens (including phenoxy) is 1. The highest BCUT2D eigenvalue weighted by Crippen LogP contribution is 2.39. The van der Waals surface area contributed by atoms with Gasteiger partial charge in [-0.25, -0.2) is 4.98 Å². The van der Waals surface area contributed by atoms with Gasteiger partial charge in [0.2, 0.25) is 0 Å². The average Bonchev–Trinajstić information content (AvgIpc) is 2.42. The maximum Gasteiger partial charge on any atom is 0.145 e. The monoisotopic (exact) mass is 324 g/mol. The Bertz CT molecular complexity index is 672. The smallest absolute Gasteiger partial charge is 0.145 e. The molecule has 1 heterocycles. The van der Waals surface area contributed by atoms with E-state index in [2.05, 4.69) is 16.4 Å². The Morgan fingerprint density at radius 2 is 1.86 bits per heavy atom. The van der Waals surface area contributed by atoms with E-state index in [-0.39, 0.29) is 0 Å². The van der Waals surface area contributed by atoms with E-state index in [0.717, 1.165) is 29.0 Å². The summed E-state index contributed by atoms with van der Waals surface area (Å²) in [7, 11) is 1.65. The Morgan fingerprint density at radius 3 is 2.48 bits per heavy atom. The molecule has 1 aromatic heterocycles. The molecule has 0 unspecified atom stereocenters. The molecule has 0 radical (unpaired) electrons. The van der Waals surface area contributed by atoms with E-state index in [1.165, 1.54) is 0 Å².